The molecule has 6 heteroatoms. The van der Waals surface area contributed by atoms with Crippen molar-refractivity contribution in [1.29, 1.82) is 0 Å². The van der Waals surface area contributed by atoms with Crippen LogP contribution < -0.4 is 14.8 Å². The molecule has 2 aromatic carbocycles. The van der Waals surface area contributed by atoms with Gasteiger partial charge in [-0.3, -0.25) is 0 Å². The highest BCUT2D eigenvalue weighted by Gasteiger charge is 2.06. The van der Waals surface area contributed by atoms with Crippen LogP contribution in [0.5, 0.6) is 11.5 Å². The van der Waals surface area contributed by atoms with Gasteiger partial charge in [-0.05, 0) is 23.3 Å². The van der Waals surface area contributed by atoms with Gasteiger partial charge in [0.2, 0.25) is 0 Å². The van der Waals surface area contributed by atoms with E-state index in [4.69, 9.17) is 19.3 Å². The fraction of sp³-hybridized carbons (Fsp3) is 0.400. The molecule has 5 nitrogen and oxygen atoms in total. The van der Waals surface area contributed by atoms with Gasteiger partial charge in [-0.1, -0.05) is 36.4 Å². The zero-order valence-corrected chi connectivity index (χ0v) is 16.0. The van der Waals surface area contributed by atoms with Crippen LogP contribution in [0.3, 0.4) is 0 Å². The summed E-state index contributed by atoms with van der Waals surface area (Å²) in [6.07, 6.45) is 0.862. The normalized spacial score (nSPS) is 10.2. The maximum Gasteiger partial charge on any atom is 0.161 e. The van der Waals surface area contributed by atoms with E-state index in [0.29, 0.717) is 19.8 Å². The molecule has 2 aromatic rings. The summed E-state index contributed by atoms with van der Waals surface area (Å²) in [5.74, 6) is 1.50. The van der Waals surface area contributed by atoms with E-state index in [-0.39, 0.29) is 19.0 Å². The van der Waals surface area contributed by atoms with Gasteiger partial charge in [0.15, 0.2) is 11.5 Å². The Bertz CT molecular complexity index is 610. The van der Waals surface area contributed by atoms with Crippen LogP contribution in [0.15, 0.2) is 48.5 Å². The van der Waals surface area contributed by atoms with Crippen molar-refractivity contribution in [2.75, 3.05) is 40.1 Å². The maximum absolute atomic E-state index is 8.64. The van der Waals surface area contributed by atoms with Crippen LogP contribution in [0.25, 0.3) is 0 Å². The molecule has 0 aliphatic carbocycles. The first-order valence-corrected chi connectivity index (χ1v) is 8.56. The molecule has 0 unspecified atom stereocenters. The lowest BCUT2D eigenvalue weighted by Gasteiger charge is -2.13. The van der Waals surface area contributed by atoms with Crippen molar-refractivity contribution in [3.05, 3.63) is 59.7 Å². The third-order valence-corrected chi connectivity index (χ3v) is 3.71. The molecule has 144 valence electrons. The smallest absolute Gasteiger partial charge is 0.161 e. The average Bonchev–Trinajstić information content (AvgIpc) is 2.66. The number of nitrogens with one attached hydrogen (secondary N) is 1. The monoisotopic (exact) mass is 381 g/mol. The minimum atomic E-state index is 0. The summed E-state index contributed by atoms with van der Waals surface area (Å²) in [5.41, 5.74) is 2.38. The molecule has 0 fully saturated rings. The number of hydrogen-bond donors (Lipinski definition) is 2. The average molecular weight is 382 g/mol. The summed E-state index contributed by atoms with van der Waals surface area (Å²) in [7, 11) is 1.65. The van der Waals surface area contributed by atoms with E-state index < -0.39 is 0 Å². The van der Waals surface area contributed by atoms with Gasteiger partial charge in [-0.15, -0.1) is 12.4 Å². The lowest BCUT2D eigenvalue weighted by atomic mass is 10.1. The van der Waals surface area contributed by atoms with E-state index >= 15 is 0 Å². The summed E-state index contributed by atoms with van der Waals surface area (Å²) in [6, 6.07) is 16.2. The number of hydrogen-bond acceptors (Lipinski definition) is 5. The van der Waals surface area contributed by atoms with Crippen molar-refractivity contribution in [3.63, 3.8) is 0 Å². The van der Waals surface area contributed by atoms with Crippen molar-refractivity contribution in [3.8, 4) is 11.5 Å². The highest BCUT2D eigenvalue weighted by atomic mass is 35.5. The molecule has 0 aliphatic heterocycles. The van der Waals surface area contributed by atoms with E-state index in [9.17, 15) is 0 Å². The minimum Gasteiger partial charge on any atom is -0.493 e. The van der Waals surface area contributed by atoms with Crippen molar-refractivity contribution < 1.29 is 19.3 Å². The van der Waals surface area contributed by atoms with Gasteiger partial charge in [-0.25, -0.2) is 0 Å². The summed E-state index contributed by atoms with van der Waals surface area (Å²) in [4.78, 5) is 0. The third-order valence-electron chi connectivity index (χ3n) is 3.71. The van der Waals surface area contributed by atoms with Crippen LogP contribution in [0.1, 0.15) is 11.1 Å². The standard InChI is InChI=1S/C20H27NO4.ClH/c1-23-20-15-18(16-21-10-13-24-14-11-22)7-8-19(20)25-12-9-17-5-3-2-4-6-17;/h2-8,15,21-22H,9-14,16H2,1H3;1H. The quantitative estimate of drug-likeness (QED) is 0.554. The van der Waals surface area contributed by atoms with Crippen LogP contribution in [-0.2, 0) is 17.7 Å². The van der Waals surface area contributed by atoms with E-state index in [0.717, 1.165) is 36.6 Å². The van der Waals surface area contributed by atoms with Gasteiger partial charge >= 0.3 is 0 Å². The molecule has 0 amide bonds. The SMILES string of the molecule is COc1cc(CNCCOCCO)ccc1OCCc1ccccc1.Cl. The summed E-state index contributed by atoms with van der Waals surface area (Å²) < 4.78 is 16.5. The third kappa shape index (κ3) is 8.06. The van der Waals surface area contributed by atoms with Crippen LogP contribution in [0, 0.1) is 0 Å². The number of rotatable bonds is 12. The Morgan fingerprint density at radius 3 is 2.46 bits per heavy atom. The Morgan fingerprint density at radius 1 is 0.923 bits per heavy atom. The van der Waals surface area contributed by atoms with Crippen molar-refractivity contribution in [2.24, 2.45) is 0 Å². The lowest BCUT2D eigenvalue weighted by Crippen LogP contribution is -2.20. The van der Waals surface area contributed by atoms with Crippen LogP contribution in [-0.4, -0.2) is 45.2 Å². The zero-order chi connectivity index (χ0) is 17.7. The number of methoxy groups -OCH3 is 1. The van der Waals surface area contributed by atoms with Gasteiger partial charge in [0.05, 0.1) is 33.5 Å². The Kier molecular flexibility index (Phi) is 11.5. The van der Waals surface area contributed by atoms with Gasteiger partial charge in [0, 0.05) is 19.5 Å². The number of aliphatic hydroxyl groups is 1. The van der Waals surface area contributed by atoms with E-state index in [1.807, 2.05) is 36.4 Å². The Morgan fingerprint density at radius 2 is 1.73 bits per heavy atom. The predicted molar refractivity (Wildman–Crippen MR) is 105 cm³/mol. The first-order valence-electron chi connectivity index (χ1n) is 8.56. The van der Waals surface area contributed by atoms with Crippen molar-refractivity contribution in [2.45, 2.75) is 13.0 Å². The molecule has 2 rings (SSSR count). The Balaban J connectivity index is 0.00000338. The second-order valence-electron chi connectivity index (χ2n) is 5.58. The minimum absolute atomic E-state index is 0. The summed E-state index contributed by atoms with van der Waals surface area (Å²) >= 11 is 0. The van der Waals surface area contributed by atoms with E-state index in [2.05, 4.69) is 17.4 Å². The molecule has 0 atom stereocenters. The Labute approximate surface area is 161 Å². The highest BCUT2D eigenvalue weighted by Crippen LogP contribution is 2.28. The fourth-order valence-corrected chi connectivity index (χ4v) is 2.41. The van der Waals surface area contributed by atoms with Gasteiger partial charge in [0.25, 0.3) is 0 Å². The number of halogens is 1. The predicted octanol–water partition coefficient (Wildman–Crippen LogP) is 2.84. The van der Waals surface area contributed by atoms with Crippen molar-refractivity contribution in [1.82, 2.24) is 5.32 Å². The van der Waals surface area contributed by atoms with Gasteiger partial charge < -0.3 is 24.6 Å². The number of ether oxygens (including phenoxy) is 3. The number of aliphatic hydroxyl groups excluding tert-OH is 1. The van der Waals surface area contributed by atoms with Crippen molar-refractivity contribution >= 4 is 12.4 Å². The largest absolute Gasteiger partial charge is 0.493 e. The molecule has 0 aromatic heterocycles. The second kappa shape index (κ2) is 13.4. The molecule has 2 N–H and O–H groups in total. The molecule has 0 aliphatic rings. The first-order chi connectivity index (χ1) is 12.3. The molecule has 0 bridgehead atoms. The van der Waals surface area contributed by atoms with Crippen LogP contribution >= 0.6 is 12.4 Å². The van der Waals surface area contributed by atoms with Crippen LogP contribution in [0.2, 0.25) is 0 Å². The summed E-state index contributed by atoms with van der Waals surface area (Å²) in [6.45, 7) is 3.09. The summed E-state index contributed by atoms with van der Waals surface area (Å²) in [5, 5.41) is 11.9. The molecular weight excluding hydrogens is 354 g/mol. The second-order valence-corrected chi connectivity index (χ2v) is 5.58. The fourth-order valence-electron chi connectivity index (χ4n) is 2.41. The van der Waals surface area contributed by atoms with Gasteiger partial charge in [-0.2, -0.15) is 0 Å². The van der Waals surface area contributed by atoms with Crippen LogP contribution in [0.4, 0.5) is 0 Å². The lowest BCUT2D eigenvalue weighted by molar-refractivity contribution is 0.0938. The first kappa shape index (κ1) is 22.3. The number of benzene rings is 2. The zero-order valence-electron chi connectivity index (χ0n) is 15.1. The molecule has 0 spiro atoms. The molecule has 0 saturated carbocycles. The topological polar surface area (TPSA) is 60.0 Å². The van der Waals surface area contributed by atoms with E-state index in [1.54, 1.807) is 7.11 Å². The highest BCUT2D eigenvalue weighted by molar-refractivity contribution is 5.85. The molecule has 26 heavy (non-hydrogen) atoms. The van der Waals surface area contributed by atoms with Gasteiger partial charge in [0.1, 0.15) is 0 Å². The maximum atomic E-state index is 8.64. The molecule has 0 saturated heterocycles. The molecule has 0 radical (unpaired) electrons. The Hall–Kier alpha value is -1.79. The molecular formula is C20H28ClNO4. The van der Waals surface area contributed by atoms with E-state index in [1.165, 1.54) is 5.56 Å². The molecule has 0 heterocycles.